The van der Waals surface area contributed by atoms with Crippen molar-refractivity contribution in [2.24, 2.45) is 0 Å². The fourth-order valence-electron chi connectivity index (χ4n) is 9.74. The maximum atomic E-state index is 13.2. The smallest absolute Gasteiger partial charge is 0.335 e. The third-order valence-electron chi connectivity index (χ3n) is 14.8. The zero-order valence-corrected chi connectivity index (χ0v) is 51.5. The van der Waals surface area contributed by atoms with Crippen LogP contribution < -0.4 is 0 Å². The molecule has 0 bridgehead atoms. The summed E-state index contributed by atoms with van der Waals surface area (Å²) in [5.41, 5.74) is 0. The highest BCUT2D eigenvalue weighted by atomic mass is 16.7. The van der Waals surface area contributed by atoms with Crippen molar-refractivity contribution in [1.29, 1.82) is 0 Å². The van der Waals surface area contributed by atoms with E-state index in [1.54, 1.807) is 0 Å². The van der Waals surface area contributed by atoms with Crippen molar-refractivity contribution < 1.29 is 58.2 Å². The maximum Gasteiger partial charge on any atom is 0.335 e. The van der Waals surface area contributed by atoms with Crippen LogP contribution in [0.25, 0.3) is 0 Å². The lowest BCUT2D eigenvalue weighted by Crippen LogP contribution is -2.61. The number of esters is 3. The average molecular weight is 1140 g/mol. The summed E-state index contributed by atoms with van der Waals surface area (Å²) in [7, 11) is 0. The highest BCUT2D eigenvalue weighted by Gasteiger charge is 2.50. The molecule has 1 rings (SSSR count). The predicted molar refractivity (Wildman–Crippen MR) is 331 cm³/mol. The van der Waals surface area contributed by atoms with Crippen LogP contribution in [0.3, 0.4) is 0 Å². The van der Waals surface area contributed by atoms with Crippen molar-refractivity contribution in [2.45, 2.75) is 327 Å². The quantitative estimate of drug-likeness (QED) is 0.0228. The van der Waals surface area contributed by atoms with Gasteiger partial charge in [0.2, 0.25) is 0 Å². The molecule has 12 nitrogen and oxygen atoms in total. The Morgan fingerprint density at radius 1 is 0.420 bits per heavy atom. The summed E-state index contributed by atoms with van der Waals surface area (Å²) in [5.74, 6) is -3.12. The average Bonchev–Trinajstić information content (AvgIpc) is 3.45. The molecule has 1 saturated heterocycles. The van der Waals surface area contributed by atoms with Crippen molar-refractivity contribution in [3.8, 4) is 0 Å². The Balaban J connectivity index is 2.64. The molecule has 1 aliphatic rings. The van der Waals surface area contributed by atoms with Gasteiger partial charge in [0.15, 0.2) is 24.6 Å². The van der Waals surface area contributed by atoms with Gasteiger partial charge in [-0.2, -0.15) is 0 Å². The fourth-order valence-corrected chi connectivity index (χ4v) is 9.74. The number of carboxylic acids is 1. The van der Waals surface area contributed by atoms with Crippen LogP contribution in [-0.4, -0.2) is 89.2 Å². The molecule has 0 spiro atoms. The molecular formula is C69H118O12. The molecule has 3 N–H and O–H groups in total. The molecule has 0 aromatic carbocycles. The first-order valence-corrected chi connectivity index (χ1v) is 32.9. The standard InChI is InChI=1S/C69H118O12/c1-4-7-10-13-16-19-22-25-27-29-31-33-35-38-40-43-46-49-52-55-61(70)77-58-60(79-62(71)56-53-50-47-44-41-37-24-21-18-15-12-9-6-3)59-78-69-67(65(74)64(73)66(81-69)68(75)76)80-63(72)57-54-51-48-45-42-39-36-34-32-30-28-26-23-20-17-14-11-8-5-2/h7,10,16-17,19-20,25-28,31,33,60,64-67,69,73-74H,4-6,8-9,11-15,18,21-24,29-30,32,34-59H2,1-3H3,(H,75,76)/b10-7-,19-16-,20-17-,27-25-,28-26-,33-31-. The van der Waals surface area contributed by atoms with Crippen molar-refractivity contribution in [1.82, 2.24) is 0 Å². The summed E-state index contributed by atoms with van der Waals surface area (Å²) in [6.45, 7) is 5.88. The van der Waals surface area contributed by atoms with Gasteiger partial charge in [0.1, 0.15) is 18.8 Å². The van der Waals surface area contributed by atoms with Crippen LogP contribution in [0.15, 0.2) is 72.9 Å². The number of hydrogen-bond donors (Lipinski definition) is 3. The number of carboxylic acid groups (broad SMARTS) is 1. The van der Waals surface area contributed by atoms with Crippen LogP contribution in [0.4, 0.5) is 0 Å². The largest absolute Gasteiger partial charge is 0.479 e. The third kappa shape index (κ3) is 46.3. The monoisotopic (exact) mass is 1140 g/mol. The number of aliphatic hydroxyl groups excluding tert-OH is 2. The SMILES string of the molecule is CC/C=C\C/C=C\C/C=C\C/C=C\CCCCCCCCC(=O)OCC(COC1OC(C(=O)O)C(O)C(O)C1OC(=O)CCCCCCCCCCC/C=C\C/C=C\CCCCC)OC(=O)CCCCCCCCCCCCCCC. The first kappa shape index (κ1) is 75.2. The Morgan fingerprint density at radius 3 is 1.21 bits per heavy atom. The van der Waals surface area contributed by atoms with Gasteiger partial charge in [-0.1, -0.05) is 254 Å². The van der Waals surface area contributed by atoms with Crippen molar-refractivity contribution >= 4 is 23.9 Å². The third-order valence-corrected chi connectivity index (χ3v) is 14.8. The van der Waals surface area contributed by atoms with Gasteiger partial charge in [-0.3, -0.25) is 14.4 Å². The van der Waals surface area contributed by atoms with E-state index in [1.165, 1.54) is 109 Å². The van der Waals surface area contributed by atoms with E-state index in [2.05, 4.69) is 93.7 Å². The highest BCUT2D eigenvalue weighted by Crippen LogP contribution is 2.27. The lowest BCUT2D eigenvalue weighted by atomic mass is 9.98. The van der Waals surface area contributed by atoms with Gasteiger partial charge in [0, 0.05) is 19.3 Å². The minimum Gasteiger partial charge on any atom is -0.479 e. The van der Waals surface area contributed by atoms with E-state index in [4.69, 9.17) is 23.7 Å². The minimum absolute atomic E-state index is 0.0542. The topological polar surface area (TPSA) is 175 Å². The van der Waals surface area contributed by atoms with Gasteiger partial charge in [-0.05, 0) is 89.9 Å². The Labute approximate surface area is 493 Å². The second kappa shape index (κ2) is 56.6. The number of unbranched alkanes of at least 4 members (excludes halogenated alkanes) is 30. The summed E-state index contributed by atoms with van der Waals surface area (Å²) >= 11 is 0. The van der Waals surface area contributed by atoms with Crippen LogP contribution in [0.2, 0.25) is 0 Å². The second-order valence-corrected chi connectivity index (χ2v) is 22.4. The molecule has 6 unspecified atom stereocenters. The molecule has 1 aliphatic heterocycles. The van der Waals surface area contributed by atoms with Gasteiger partial charge in [-0.15, -0.1) is 0 Å². The van der Waals surface area contributed by atoms with E-state index in [1.807, 2.05) is 0 Å². The molecule has 12 heteroatoms. The van der Waals surface area contributed by atoms with E-state index in [0.717, 1.165) is 122 Å². The van der Waals surface area contributed by atoms with Crippen LogP contribution in [0, 0.1) is 0 Å². The molecule has 0 saturated carbocycles. The van der Waals surface area contributed by atoms with E-state index in [9.17, 15) is 34.5 Å². The van der Waals surface area contributed by atoms with Crippen LogP contribution in [0.1, 0.15) is 290 Å². The molecular weight excluding hydrogens is 1020 g/mol. The van der Waals surface area contributed by atoms with E-state index >= 15 is 0 Å². The van der Waals surface area contributed by atoms with E-state index in [0.29, 0.717) is 19.3 Å². The number of aliphatic hydroxyl groups is 2. The number of allylic oxidation sites excluding steroid dienone is 12. The summed E-state index contributed by atoms with van der Waals surface area (Å²) < 4.78 is 28.5. The predicted octanol–water partition coefficient (Wildman–Crippen LogP) is 17.7. The van der Waals surface area contributed by atoms with Crippen LogP contribution >= 0.6 is 0 Å². The van der Waals surface area contributed by atoms with Crippen molar-refractivity contribution in [2.75, 3.05) is 13.2 Å². The highest BCUT2D eigenvalue weighted by molar-refractivity contribution is 5.74. The van der Waals surface area contributed by atoms with Gasteiger partial charge in [-0.25, -0.2) is 4.79 Å². The maximum absolute atomic E-state index is 13.2. The molecule has 0 aromatic rings. The van der Waals surface area contributed by atoms with Gasteiger partial charge < -0.3 is 39.0 Å². The molecule has 0 radical (unpaired) electrons. The Bertz CT molecular complexity index is 1680. The zero-order valence-electron chi connectivity index (χ0n) is 51.5. The van der Waals surface area contributed by atoms with E-state index < -0.39 is 67.3 Å². The number of aliphatic carboxylic acids is 1. The summed E-state index contributed by atoms with van der Waals surface area (Å²) in [4.78, 5) is 51.3. The lowest BCUT2D eigenvalue weighted by Gasteiger charge is -2.40. The number of rotatable bonds is 56. The number of ether oxygens (including phenoxy) is 5. The molecule has 6 atom stereocenters. The number of carbonyl (C=O) groups excluding carboxylic acids is 3. The first-order valence-electron chi connectivity index (χ1n) is 32.9. The number of carbonyl (C=O) groups is 4. The fraction of sp³-hybridized carbons (Fsp3) is 0.768. The molecule has 0 aromatic heterocycles. The van der Waals surface area contributed by atoms with Crippen molar-refractivity contribution in [3.05, 3.63) is 72.9 Å². The normalized spacial score (nSPS) is 18.2. The summed E-state index contributed by atoms with van der Waals surface area (Å²) in [6.07, 6.45) is 59.9. The van der Waals surface area contributed by atoms with Gasteiger partial charge >= 0.3 is 23.9 Å². The molecule has 1 heterocycles. The Morgan fingerprint density at radius 2 is 0.778 bits per heavy atom. The van der Waals surface area contributed by atoms with Crippen LogP contribution in [0.5, 0.6) is 0 Å². The first-order chi connectivity index (χ1) is 39.6. The van der Waals surface area contributed by atoms with Gasteiger partial charge in [0.05, 0.1) is 6.61 Å². The van der Waals surface area contributed by atoms with E-state index in [-0.39, 0.29) is 25.9 Å². The summed E-state index contributed by atoms with van der Waals surface area (Å²) in [5, 5.41) is 31.6. The summed E-state index contributed by atoms with van der Waals surface area (Å²) in [6, 6.07) is 0. The zero-order chi connectivity index (χ0) is 58.9. The lowest BCUT2D eigenvalue weighted by molar-refractivity contribution is -0.301. The molecule has 0 amide bonds. The molecule has 81 heavy (non-hydrogen) atoms. The second-order valence-electron chi connectivity index (χ2n) is 22.4. The molecule has 466 valence electrons. The van der Waals surface area contributed by atoms with Crippen LogP contribution in [-0.2, 0) is 42.9 Å². The number of hydrogen-bond acceptors (Lipinski definition) is 11. The van der Waals surface area contributed by atoms with Gasteiger partial charge in [0.25, 0.3) is 0 Å². The Kier molecular flexibility index (Phi) is 52.6. The minimum atomic E-state index is -1.91. The van der Waals surface area contributed by atoms with Crippen molar-refractivity contribution in [3.63, 3.8) is 0 Å². The Hall–Kier alpha value is -3.84. The molecule has 0 aliphatic carbocycles. The molecule has 1 fully saturated rings.